The summed E-state index contributed by atoms with van der Waals surface area (Å²) in [4.78, 5) is 9.32. The van der Waals surface area contributed by atoms with E-state index in [0.29, 0.717) is 17.0 Å². The number of hydrogen-bond donors (Lipinski definition) is 1. The Morgan fingerprint density at radius 1 is 0.871 bits per heavy atom. The van der Waals surface area contributed by atoms with Crippen LogP contribution in [0.15, 0.2) is 85.1 Å². The lowest BCUT2D eigenvalue weighted by Gasteiger charge is -2.07. The first-order chi connectivity index (χ1) is 15.2. The van der Waals surface area contributed by atoms with E-state index < -0.39 is 0 Å². The van der Waals surface area contributed by atoms with Gasteiger partial charge < -0.3 is 9.67 Å². The summed E-state index contributed by atoms with van der Waals surface area (Å²) in [6.45, 7) is 0. The van der Waals surface area contributed by atoms with Gasteiger partial charge in [0.2, 0.25) is 0 Å². The van der Waals surface area contributed by atoms with Crippen LogP contribution in [0.1, 0.15) is 5.56 Å². The van der Waals surface area contributed by atoms with E-state index in [1.165, 1.54) is 0 Å². The molecule has 0 saturated carbocycles. The summed E-state index contributed by atoms with van der Waals surface area (Å²) in [6, 6.07) is 27.0. The second kappa shape index (κ2) is 7.43. The summed E-state index contributed by atoms with van der Waals surface area (Å²) >= 11 is 0. The van der Waals surface area contributed by atoms with E-state index in [0.717, 1.165) is 33.4 Å². The number of aromatic hydroxyl groups is 1. The fraction of sp³-hybridized carbons (Fsp3) is 0.0385. The van der Waals surface area contributed by atoms with Gasteiger partial charge in [0.25, 0.3) is 0 Å². The van der Waals surface area contributed by atoms with Crippen LogP contribution in [-0.2, 0) is 7.05 Å². The highest BCUT2D eigenvalue weighted by Crippen LogP contribution is 2.35. The van der Waals surface area contributed by atoms with E-state index in [4.69, 9.17) is 4.98 Å². The van der Waals surface area contributed by atoms with E-state index in [1.54, 1.807) is 30.5 Å². The van der Waals surface area contributed by atoms with Crippen LogP contribution in [0.4, 0.5) is 0 Å². The average Bonchev–Trinajstić information content (AvgIpc) is 3.16. The molecule has 0 unspecified atom stereocenters. The molecule has 31 heavy (non-hydrogen) atoms. The van der Waals surface area contributed by atoms with Crippen molar-refractivity contribution < 1.29 is 5.11 Å². The van der Waals surface area contributed by atoms with Crippen LogP contribution >= 0.6 is 0 Å². The molecule has 2 heterocycles. The maximum Gasteiger partial charge on any atom is 0.144 e. The van der Waals surface area contributed by atoms with Crippen molar-refractivity contribution in [1.29, 1.82) is 5.26 Å². The molecule has 2 aromatic heterocycles. The Labute approximate surface area is 179 Å². The normalized spacial score (nSPS) is 10.8. The number of aryl methyl sites for hydroxylation is 1. The van der Waals surface area contributed by atoms with Crippen molar-refractivity contribution in [2.24, 2.45) is 7.05 Å². The number of phenols is 1. The molecule has 0 aliphatic rings. The summed E-state index contributed by atoms with van der Waals surface area (Å²) in [5.74, 6) is 0.910. The Bertz CT molecular complexity index is 1480. The van der Waals surface area contributed by atoms with E-state index in [1.807, 2.05) is 60.1 Å². The number of benzene rings is 3. The highest BCUT2D eigenvalue weighted by atomic mass is 16.3. The van der Waals surface area contributed by atoms with Crippen LogP contribution < -0.4 is 0 Å². The Kier molecular flexibility index (Phi) is 4.46. The molecule has 3 aromatic carbocycles. The molecule has 5 rings (SSSR count). The molecule has 0 saturated heterocycles. The molecule has 0 bridgehead atoms. The Morgan fingerprint density at radius 2 is 1.65 bits per heavy atom. The number of fused-ring (bicyclic) bond motifs is 1. The zero-order valence-corrected chi connectivity index (χ0v) is 16.8. The average molecular weight is 402 g/mol. The second-order valence-electron chi connectivity index (χ2n) is 7.31. The van der Waals surface area contributed by atoms with Crippen molar-refractivity contribution >= 4 is 11.0 Å². The lowest BCUT2D eigenvalue weighted by atomic mass is 10.00. The first kappa shape index (κ1) is 18.6. The van der Waals surface area contributed by atoms with E-state index in [9.17, 15) is 10.4 Å². The van der Waals surface area contributed by atoms with Crippen molar-refractivity contribution in [3.8, 4) is 45.6 Å². The van der Waals surface area contributed by atoms with Gasteiger partial charge in [0.15, 0.2) is 0 Å². The molecule has 5 aromatic rings. The third kappa shape index (κ3) is 3.21. The lowest BCUT2D eigenvalue weighted by Crippen LogP contribution is -1.92. The third-order valence-electron chi connectivity index (χ3n) is 5.41. The maximum absolute atomic E-state index is 10.3. The Morgan fingerprint density at radius 3 is 2.48 bits per heavy atom. The molecule has 1 N–H and O–H groups in total. The second-order valence-corrected chi connectivity index (χ2v) is 7.31. The summed E-state index contributed by atoms with van der Waals surface area (Å²) in [7, 11) is 1.95. The van der Waals surface area contributed by atoms with Crippen LogP contribution in [0.3, 0.4) is 0 Å². The summed E-state index contributed by atoms with van der Waals surface area (Å²) < 4.78 is 2.00. The van der Waals surface area contributed by atoms with Gasteiger partial charge in [-0.05, 0) is 42.0 Å². The SMILES string of the molecule is Cn1c(-c2ccccc2O)nc2c(-c3cccc(-c4cc(C#N)ccn4)c3)cccc21. The van der Waals surface area contributed by atoms with Gasteiger partial charge in [-0.3, -0.25) is 4.98 Å². The van der Waals surface area contributed by atoms with Gasteiger partial charge in [0, 0.05) is 24.4 Å². The highest BCUT2D eigenvalue weighted by molar-refractivity contribution is 5.95. The van der Waals surface area contributed by atoms with Gasteiger partial charge in [0.1, 0.15) is 11.6 Å². The number of aromatic nitrogens is 3. The molecule has 0 fully saturated rings. The number of pyridine rings is 1. The van der Waals surface area contributed by atoms with Crippen molar-refractivity contribution in [3.63, 3.8) is 0 Å². The molecule has 0 aliphatic heterocycles. The summed E-state index contributed by atoms with van der Waals surface area (Å²) in [6.07, 6.45) is 1.65. The predicted molar refractivity (Wildman–Crippen MR) is 121 cm³/mol. The maximum atomic E-state index is 10.3. The summed E-state index contributed by atoms with van der Waals surface area (Å²) in [5.41, 5.74) is 6.80. The standard InChI is InChI=1S/C26H18N4O/c1-30-23-10-5-9-20(25(23)29-26(30)21-8-2-3-11-24(21)31)18-6-4-7-19(15-18)22-14-17(16-27)12-13-28-22/h2-15,31H,1H3. The zero-order chi connectivity index (χ0) is 21.4. The molecular weight excluding hydrogens is 384 g/mol. The van der Waals surface area contributed by atoms with Crippen molar-refractivity contribution in [2.75, 3.05) is 0 Å². The number of imidazole rings is 1. The minimum Gasteiger partial charge on any atom is -0.507 e. The molecule has 5 heteroatoms. The zero-order valence-electron chi connectivity index (χ0n) is 16.8. The van der Waals surface area contributed by atoms with E-state index >= 15 is 0 Å². The Balaban J connectivity index is 1.67. The smallest absolute Gasteiger partial charge is 0.144 e. The first-order valence-electron chi connectivity index (χ1n) is 9.86. The van der Waals surface area contributed by atoms with Gasteiger partial charge in [-0.15, -0.1) is 0 Å². The van der Waals surface area contributed by atoms with Crippen LogP contribution in [0.5, 0.6) is 5.75 Å². The van der Waals surface area contributed by atoms with Crippen molar-refractivity contribution in [1.82, 2.24) is 14.5 Å². The van der Waals surface area contributed by atoms with Crippen LogP contribution in [0, 0.1) is 11.3 Å². The quantitative estimate of drug-likeness (QED) is 0.429. The fourth-order valence-corrected chi connectivity index (χ4v) is 3.86. The van der Waals surface area contributed by atoms with Gasteiger partial charge in [-0.1, -0.05) is 42.5 Å². The van der Waals surface area contributed by atoms with E-state index in [2.05, 4.69) is 17.1 Å². The van der Waals surface area contributed by atoms with Gasteiger partial charge in [-0.25, -0.2) is 4.98 Å². The number of nitriles is 1. The molecule has 0 spiro atoms. The lowest BCUT2D eigenvalue weighted by molar-refractivity contribution is 0.476. The van der Waals surface area contributed by atoms with Crippen LogP contribution in [0.2, 0.25) is 0 Å². The largest absolute Gasteiger partial charge is 0.507 e. The number of para-hydroxylation sites is 2. The molecular formula is C26H18N4O. The molecule has 0 aliphatic carbocycles. The molecule has 0 atom stereocenters. The number of hydrogen-bond acceptors (Lipinski definition) is 4. The predicted octanol–water partition coefficient (Wildman–Crippen LogP) is 5.55. The van der Waals surface area contributed by atoms with Crippen LogP contribution in [-0.4, -0.2) is 19.6 Å². The minimum atomic E-state index is 0.202. The molecule has 5 nitrogen and oxygen atoms in total. The van der Waals surface area contributed by atoms with Crippen molar-refractivity contribution in [3.05, 3.63) is 90.6 Å². The topological polar surface area (TPSA) is 74.7 Å². The van der Waals surface area contributed by atoms with E-state index in [-0.39, 0.29) is 5.75 Å². The number of phenolic OH excluding ortho intramolecular Hbond substituents is 1. The van der Waals surface area contributed by atoms with Crippen LogP contribution in [0.25, 0.3) is 44.8 Å². The van der Waals surface area contributed by atoms with Gasteiger partial charge >= 0.3 is 0 Å². The summed E-state index contributed by atoms with van der Waals surface area (Å²) in [5, 5.41) is 19.5. The van der Waals surface area contributed by atoms with Crippen molar-refractivity contribution in [2.45, 2.75) is 0 Å². The third-order valence-corrected chi connectivity index (χ3v) is 5.41. The number of rotatable bonds is 3. The van der Waals surface area contributed by atoms with Gasteiger partial charge in [0.05, 0.1) is 33.9 Å². The fourth-order valence-electron chi connectivity index (χ4n) is 3.86. The minimum absolute atomic E-state index is 0.202. The Hall–Kier alpha value is -4.43. The van der Waals surface area contributed by atoms with Gasteiger partial charge in [-0.2, -0.15) is 5.26 Å². The molecule has 148 valence electrons. The highest BCUT2D eigenvalue weighted by Gasteiger charge is 2.16. The molecule has 0 amide bonds. The number of nitrogens with zero attached hydrogens (tertiary/aromatic N) is 4. The first-order valence-corrected chi connectivity index (χ1v) is 9.86. The molecule has 0 radical (unpaired) electrons. The monoisotopic (exact) mass is 402 g/mol.